The van der Waals surface area contributed by atoms with Gasteiger partial charge >= 0.3 is 0 Å². The van der Waals surface area contributed by atoms with Gasteiger partial charge in [0, 0.05) is 19.0 Å². The average Bonchev–Trinajstić information content (AvgIpc) is 2.98. The topological polar surface area (TPSA) is 75.9 Å². The van der Waals surface area contributed by atoms with Gasteiger partial charge in [0.05, 0.1) is 6.33 Å². The van der Waals surface area contributed by atoms with Gasteiger partial charge in [-0.2, -0.15) is 0 Å². The number of hydrogen-bond acceptors (Lipinski definition) is 5. The minimum absolute atomic E-state index is 0.258. The molecule has 7 heteroatoms. The van der Waals surface area contributed by atoms with Crippen LogP contribution in [0.4, 0.5) is 5.82 Å². The van der Waals surface area contributed by atoms with Gasteiger partial charge in [0.25, 0.3) is 0 Å². The lowest BCUT2D eigenvalue weighted by Crippen LogP contribution is -2.03. The molecule has 0 saturated carbocycles. The Hall–Kier alpha value is -2.34. The van der Waals surface area contributed by atoms with Crippen molar-refractivity contribution in [3.63, 3.8) is 0 Å². The van der Waals surface area contributed by atoms with Crippen molar-refractivity contribution in [2.24, 2.45) is 0 Å². The number of alkyl halides is 1. The molecule has 2 aromatic heterocycles. The number of phenols is 1. The highest BCUT2D eigenvalue weighted by Gasteiger charge is 2.09. The maximum Gasteiger partial charge on any atom is 0.165 e. The summed E-state index contributed by atoms with van der Waals surface area (Å²) >= 11 is 5.72. The molecule has 0 unspecified atom stereocenters. The van der Waals surface area contributed by atoms with Crippen molar-refractivity contribution in [1.29, 1.82) is 0 Å². The van der Waals surface area contributed by atoms with E-state index in [0.717, 1.165) is 36.1 Å². The fourth-order valence-electron chi connectivity index (χ4n) is 2.35. The molecule has 1 aromatic carbocycles. The van der Waals surface area contributed by atoms with Crippen LogP contribution in [-0.2, 0) is 13.1 Å². The molecule has 0 atom stereocenters. The minimum Gasteiger partial charge on any atom is -0.508 e. The third-order valence-electron chi connectivity index (χ3n) is 3.58. The number of aromatic hydroxyl groups is 1. The third kappa shape index (κ3) is 3.71. The Labute approximate surface area is 139 Å². The van der Waals surface area contributed by atoms with Gasteiger partial charge in [-0.3, -0.25) is 0 Å². The minimum atomic E-state index is 0.258. The summed E-state index contributed by atoms with van der Waals surface area (Å²) in [6.45, 7) is 1.45. The maximum absolute atomic E-state index is 9.31. The van der Waals surface area contributed by atoms with Gasteiger partial charge in [0.1, 0.15) is 17.6 Å². The number of benzene rings is 1. The van der Waals surface area contributed by atoms with Gasteiger partial charge in [0.15, 0.2) is 11.5 Å². The summed E-state index contributed by atoms with van der Waals surface area (Å²) in [5.74, 6) is 1.63. The van der Waals surface area contributed by atoms with E-state index in [9.17, 15) is 5.11 Å². The van der Waals surface area contributed by atoms with Crippen LogP contribution in [0.15, 0.2) is 36.9 Å². The molecule has 0 aliphatic rings. The highest BCUT2D eigenvalue weighted by molar-refractivity contribution is 6.17. The largest absolute Gasteiger partial charge is 0.508 e. The standard InChI is InChI=1S/C16H18ClN5O/c17-7-1-2-8-22-11-21-14-15(19-10-20-16(14)22)18-9-12-3-5-13(23)6-4-12/h3-6,10-11,23H,1-2,7-9H2,(H,18,19,20). The number of aryl methyl sites for hydroxylation is 1. The van der Waals surface area contributed by atoms with Crippen molar-refractivity contribution in [3.05, 3.63) is 42.5 Å². The van der Waals surface area contributed by atoms with E-state index in [1.54, 1.807) is 24.8 Å². The third-order valence-corrected chi connectivity index (χ3v) is 3.85. The summed E-state index contributed by atoms with van der Waals surface area (Å²) in [6.07, 6.45) is 5.30. The number of rotatable bonds is 7. The average molecular weight is 332 g/mol. The lowest BCUT2D eigenvalue weighted by atomic mass is 10.2. The molecule has 0 saturated heterocycles. The number of imidazole rings is 1. The number of unbranched alkanes of at least 4 members (excludes halogenated alkanes) is 1. The Kier molecular flexibility index (Phi) is 4.92. The number of phenolic OH excluding ortho intramolecular Hbond substituents is 1. The Bertz CT molecular complexity index is 772. The molecule has 120 valence electrons. The van der Waals surface area contributed by atoms with E-state index in [0.29, 0.717) is 18.2 Å². The van der Waals surface area contributed by atoms with Crippen LogP contribution in [0.25, 0.3) is 11.2 Å². The van der Waals surface area contributed by atoms with Crippen molar-refractivity contribution in [2.75, 3.05) is 11.2 Å². The van der Waals surface area contributed by atoms with E-state index in [2.05, 4.69) is 20.3 Å². The number of aromatic nitrogens is 4. The SMILES string of the molecule is Oc1ccc(CNc2ncnc3c2ncn3CCCCCl)cc1. The quantitative estimate of drug-likeness (QED) is 0.513. The summed E-state index contributed by atoms with van der Waals surface area (Å²) in [5.41, 5.74) is 2.64. The molecule has 0 spiro atoms. The van der Waals surface area contributed by atoms with Crippen LogP contribution < -0.4 is 5.32 Å². The second kappa shape index (κ2) is 7.28. The lowest BCUT2D eigenvalue weighted by molar-refractivity contribution is 0.475. The summed E-state index contributed by atoms with van der Waals surface area (Å²) < 4.78 is 2.02. The van der Waals surface area contributed by atoms with Crippen LogP contribution >= 0.6 is 11.6 Å². The maximum atomic E-state index is 9.31. The summed E-state index contributed by atoms with van der Waals surface area (Å²) in [4.78, 5) is 13.0. The molecular weight excluding hydrogens is 314 g/mol. The fourth-order valence-corrected chi connectivity index (χ4v) is 2.54. The molecule has 0 aliphatic heterocycles. The fraction of sp³-hybridized carbons (Fsp3) is 0.312. The smallest absolute Gasteiger partial charge is 0.165 e. The second-order valence-electron chi connectivity index (χ2n) is 5.25. The molecule has 6 nitrogen and oxygen atoms in total. The number of nitrogens with zero attached hydrogens (tertiary/aromatic N) is 4. The molecular formula is C16H18ClN5O. The second-order valence-corrected chi connectivity index (χ2v) is 5.63. The molecule has 0 bridgehead atoms. The number of halogens is 1. The zero-order valence-corrected chi connectivity index (χ0v) is 13.4. The van der Waals surface area contributed by atoms with E-state index in [1.807, 2.05) is 16.7 Å². The zero-order valence-electron chi connectivity index (χ0n) is 12.6. The van der Waals surface area contributed by atoms with E-state index in [1.165, 1.54) is 0 Å². The first-order valence-corrected chi connectivity index (χ1v) is 8.05. The summed E-state index contributed by atoms with van der Waals surface area (Å²) in [7, 11) is 0. The molecule has 0 amide bonds. The zero-order chi connectivity index (χ0) is 16.1. The molecule has 3 rings (SSSR count). The molecule has 0 aliphatic carbocycles. The highest BCUT2D eigenvalue weighted by Crippen LogP contribution is 2.19. The van der Waals surface area contributed by atoms with Crippen molar-refractivity contribution < 1.29 is 5.11 Å². The van der Waals surface area contributed by atoms with Gasteiger partial charge < -0.3 is 15.0 Å². The Morgan fingerprint density at radius 3 is 2.70 bits per heavy atom. The molecule has 3 aromatic rings. The Morgan fingerprint density at radius 1 is 1.09 bits per heavy atom. The number of fused-ring (bicyclic) bond motifs is 1. The Morgan fingerprint density at radius 2 is 1.91 bits per heavy atom. The van der Waals surface area contributed by atoms with Gasteiger partial charge in [-0.25, -0.2) is 15.0 Å². The number of nitrogens with one attached hydrogen (secondary N) is 1. The molecule has 0 fully saturated rings. The monoisotopic (exact) mass is 331 g/mol. The number of anilines is 1. The van der Waals surface area contributed by atoms with Crippen LogP contribution in [0.1, 0.15) is 18.4 Å². The van der Waals surface area contributed by atoms with E-state index >= 15 is 0 Å². The first-order chi connectivity index (χ1) is 11.3. The van der Waals surface area contributed by atoms with Gasteiger partial charge in [-0.15, -0.1) is 11.6 Å². The Balaban J connectivity index is 1.74. The van der Waals surface area contributed by atoms with Crippen LogP contribution in [0, 0.1) is 0 Å². The van der Waals surface area contributed by atoms with Crippen molar-refractivity contribution in [1.82, 2.24) is 19.5 Å². The van der Waals surface area contributed by atoms with Crippen LogP contribution in [-0.4, -0.2) is 30.5 Å². The van der Waals surface area contributed by atoms with Gasteiger partial charge in [0.2, 0.25) is 0 Å². The predicted octanol–water partition coefficient (Wildman–Crippen LogP) is 3.16. The van der Waals surface area contributed by atoms with Crippen LogP contribution in [0.3, 0.4) is 0 Å². The molecule has 0 radical (unpaired) electrons. The predicted molar refractivity (Wildman–Crippen MR) is 90.7 cm³/mol. The molecule has 23 heavy (non-hydrogen) atoms. The first-order valence-electron chi connectivity index (χ1n) is 7.51. The first kappa shape index (κ1) is 15.6. The lowest BCUT2D eigenvalue weighted by Gasteiger charge is -2.07. The van der Waals surface area contributed by atoms with Crippen molar-refractivity contribution >= 4 is 28.6 Å². The highest BCUT2D eigenvalue weighted by atomic mass is 35.5. The molecule has 2 heterocycles. The van der Waals surface area contributed by atoms with Crippen LogP contribution in [0.5, 0.6) is 5.75 Å². The van der Waals surface area contributed by atoms with E-state index < -0.39 is 0 Å². The molecule has 2 N–H and O–H groups in total. The van der Waals surface area contributed by atoms with E-state index in [-0.39, 0.29) is 5.75 Å². The number of hydrogen-bond donors (Lipinski definition) is 2. The summed E-state index contributed by atoms with van der Waals surface area (Å²) in [5, 5.41) is 12.6. The van der Waals surface area contributed by atoms with Gasteiger partial charge in [-0.05, 0) is 30.5 Å². The van der Waals surface area contributed by atoms with Crippen molar-refractivity contribution in [3.8, 4) is 5.75 Å². The summed E-state index contributed by atoms with van der Waals surface area (Å²) in [6, 6.07) is 7.06. The van der Waals surface area contributed by atoms with Gasteiger partial charge in [-0.1, -0.05) is 12.1 Å². The van der Waals surface area contributed by atoms with Crippen LogP contribution in [0.2, 0.25) is 0 Å². The van der Waals surface area contributed by atoms with Crippen molar-refractivity contribution in [2.45, 2.75) is 25.9 Å². The van der Waals surface area contributed by atoms with E-state index in [4.69, 9.17) is 11.6 Å². The normalized spacial score (nSPS) is 11.0.